The smallest absolute Gasteiger partial charge is 0.176 e. The summed E-state index contributed by atoms with van der Waals surface area (Å²) in [5.74, 6) is 0.150. The van der Waals surface area contributed by atoms with Crippen LogP contribution >= 0.6 is 11.8 Å². The molecule has 110 valence electrons. The zero-order chi connectivity index (χ0) is 15.7. The first kappa shape index (κ1) is 14.8. The van der Waals surface area contributed by atoms with Crippen molar-refractivity contribution in [3.63, 3.8) is 0 Å². The summed E-state index contributed by atoms with van der Waals surface area (Å²) >= 11 is 1.43. The zero-order valence-electron chi connectivity index (χ0n) is 12.6. The third-order valence-corrected chi connectivity index (χ3v) is 5.18. The van der Waals surface area contributed by atoms with E-state index in [0.717, 1.165) is 35.2 Å². The Labute approximate surface area is 134 Å². The highest BCUT2D eigenvalue weighted by Crippen LogP contribution is 2.34. The number of nitriles is 1. The van der Waals surface area contributed by atoms with Crippen molar-refractivity contribution in [2.75, 3.05) is 0 Å². The first-order valence-corrected chi connectivity index (χ1v) is 8.15. The van der Waals surface area contributed by atoms with Gasteiger partial charge >= 0.3 is 0 Å². The van der Waals surface area contributed by atoms with Crippen LogP contribution in [-0.2, 0) is 6.42 Å². The molecule has 22 heavy (non-hydrogen) atoms. The number of hydrogen-bond donors (Lipinski definition) is 0. The normalized spacial score (nSPS) is 17.0. The molecule has 3 rings (SSSR count). The summed E-state index contributed by atoms with van der Waals surface area (Å²) in [6.07, 6.45) is 1.69. The molecule has 0 bridgehead atoms. The lowest BCUT2D eigenvalue weighted by molar-refractivity contribution is 0.0979. The van der Waals surface area contributed by atoms with Crippen molar-refractivity contribution >= 4 is 17.5 Å². The topological polar surface area (TPSA) is 53.8 Å². The van der Waals surface area contributed by atoms with Crippen molar-refractivity contribution in [1.29, 1.82) is 5.26 Å². The van der Waals surface area contributed by atoms with Gasteiger partial charge in [-0.05, 0) is 43.9 Å². The fourth-order valence-electron chi connectivity index (χ4n) is 2.84. The second-order valence-corrected chi connectivity index (χ2v) is 6.73. The van der Waals surface area contributed by atoms with Gasteiger partial charge in [-0.15, -0.1) is 0 Å². The van der Waals surface area contributed by atoms with E-state index in [2.05, 4.69) is 11.1 Å². The lowest BCUT2D eigenvalue weighted by atomic mass is 9.90. The molecule has 2 aromatic rings. The molecule has 0 fully saturated rings. The van der Waals surface area contributed by atoms with Gasteiger partial charge in [0.15, 0.2) is 5.78 Å². The highest BCUT2D eigenvalue weighted by molar-refractivity contribution is 8.00. The molecule has 0 spiro atoms. The van der Waals surface area contributed by atoms with Crippen LogP contribution < -0.4 is 0 Å². The number of Topliss-reactive ketones (excluding diaryl/α,β-unsaturated/α-hetero) is 1. The fourth-order valence-corrected chi connectivity index (χ4v) is 4.10. The Hall–Kier alpha value is -2.12. The van der Waals surface area contributed by atoms with E-state index in [1.807, 2.05) is 44.2 Å². The van der Waals surface area contributed by atoms with Crippen LogP contribution in [0.25, 0.3) is 0 Å². The van der Waals surface area contributed by atoms with E-state index in [1.165, 1.54) is 11.8 Å². The molecule has 0 amide bonds. The Bertz CT molecular complexity index is 792. The van der Waals surface area contributed by atoms with E-state index in [4.69, 9.17) is 0 Å². The summed E-state index contributed by atoms with van der Waals surface area (Å²) in [5, 5.41) is 9.88. The van der Waals surface area contributed by atoms with Gasteiger partial charge in [0.25, 0.3) is 0 Å². The number of aromatic nitrogens is 1. The van der Waals surface area contributed by atoms with Crippen LogP contribution in [0.4, 0.5) is 0 Å². The molecule has 0 unspecified atom stereocenters. The van der Waals surface area contributed by atoms with Gasteiger partial charge in [-0.3, -0.25) is 4.79 Å². The number of carbonyl (C=O) groups excluding carboxylic acids is 1. The van der Waals surface area contributed by atoms with Crippen LogP contribution in [0.3, 0.4) is 0 Å². The average molecular weight is 308 g/mol. The Morgan fingerprint density at radius 1 is 1.32 bits per heavy atom. The summed E-state index contributed by atoms with van der Waals surface area (Å²) in [5.41, 5.74) is 4.32. The van der Waals surface area contributed by atoms with Gasteiger partial charge in [0.05, 0.1) is 10.8 Å². The van der Waals surface area contributed by atoms with Gasteiger partial charge < -0.3 is 0 Å². The van der Waals surface area contributed by atoms with Crippen molar-refractivity contribution in [3.05, 3.63) is 58.3 Å². The monoisotopic (exact) mass is 308 g/mol. The zero-order valence-corrected chi connectivity index (χ0v) is 13.4. The maximum absolute atomic E-state index is 12.7. The third-order valence-electron chi connectivity index (χ3n) is 3.93. The highest BCUT2D eigenvalue weighted by atomic mass is 32.2. The number of benzene rings is 1. The number of thioether (sulfide) groups is 1. The van der Waals surface area contributed by atoms with Crippen molar-refractivity contribution in [3.8, 4) is 6.07 Å². The Morgan fingerprint density at radius 2 is 2.09 bits per heavy atom. The van der Waals surface area contributed by atoms with E-state index < -0.39 is 0 Å². The largest absolute Gasteiger partial charge is 0.293 e. The molecule has 3 nitrogen and oxygen atoms in total. The number of carbonyl (C=O) groups is 1. The van der Waals surface area contributed by atoms with Crippen molar-refractivity contribution in [2.45, 2.75) is 37.0 Å². The first-order chi connectivity index (χ1) is 10.6. The maximum atomic E-state index is 12.7. The molecular weight excluding hydrogens is 292 g/mol. The number of nitrogens with zero attached hydrogens (tertiary/aromatic N) is 2. The van der Waals surface area contributed by atoms with Crippen LogP contribution in [0.15, 0.2) is 35.4 Å². The number of rotatable bonds is 2. The number of hydrogen-bond acceptors (Lipinski definition) is 4. The number of aryl methyl sites for hydroxylation is 3. The van der Waals surface area contributed by atoms with E-state index in [1.54, 1.807) is 0 Å². The number of fused-ring (bicyclic) bond motifs is 1. The second kappa shape index (κ2) is 5.94. The lowest BCUT2D eigenvalue weighted by Crippen LogP contribution is -2.25. The molecule has 0 radical (unpaired) electrons. The van der Waals surface area contributed by atoms with Crippen LogP contribution in [-0.4, -0.2) is 16.0 Å². The van der Waals surface area contributed by atoms with Crippen molar-refractivity contribution < 1.29 is 4.79 Å². The van der Waals surface area contributed by atoms with Crippen molar-refractivity contribution in [1.82, 2.24) is 4.98 Å². The predicted octanol–water partition coefficient (Wildman–Crippen LogP) is 3.86. The molecule has 1 aliphatic carbocycles. The quantitative estimate of drug-likeness (QED) is 0.845. The van der Waals surface area contributed by atoms with E-state index in [9.17, 15) is 10.1 Å². The van der Waals surface area contributed by atoms with Crippen molar-refractivity contribution in [2.24, 2.45) is 0 Å². The van der Waals surface area contributed by atoms with Crippen LogP contribution in [0.5, 0.6) is 0 Å². The van der Waals surface area contributed by atoms with Gasteiger partial charge in [-0.1, -0.05) is 36.0 Å². The van der Waals surface area contributed by atoms with Crippen LogP contribution in [0, 0.1) is 25.2 Å². The molecule has 1 aliphatic rings. The molecule has 1 atom stereocenters. The minimum absolute atomic E-state index is 0.150. The Balaban J connectivity index is 1.93. The van der Waals surface area contributed by atoms with Crippen LogP contribution in [0.2, 0.25) is 0 Å². The van der Waals surface area contributed by atoms with E-state index >= 15 is 0 Å². The van der Waals surface area contributed by atoms with Gasteiger partial charge in [-0.2, -0.15) is 5.26 Å². The first-order valence-electron chi connectivity index (χ1n) is 7.27. The summed E-state index contributed by atoms with van der Waals surface area (Å²) in [6.45, 7) is 3.82. The molecule has 0 N–H and O–H groups in total. The van der Waals surface area contributed by atoms with E-state index in [0.29, 0.717) is 10.6 Å². The summed E-state index contributed by atoms with van der Waals surface area (Å²) in [6, 6.07) is 11.9. The minimum atomic E-state index is -0.157. The van der Waals surface area contributed by atoms with Gasteiger partial charge in [0.2, 0.25) is 0 Å². The average Bonchev–Trinajstić information content (AvgIpc) is 2.50. The molecule has 4 heteroatoms. The molecular formula is C18H16N2OS. The van der Waals surface area contributed by atoms with Gasteiger partial charge in [0.1, 0.15) is 11.1 Å². The Kier molecular flexibility index (Phi) is 4.00. The molecule has 1 aromatic heterocycles. The molecule has 0 aliphatic heterocycles. The second-order valence-electron chi connectivity index (χ2n) is 5.54. The molecule has 0 saturated heterocycles. The fraction of sp³-hybridized carbons (Fsp3) is 0.278. The SMILES string of the molecule is Cc1cc(C)c(C#N)c(S[C@H]2CCc3ccccc3C2=O)n1. The lowest BCUT2D eigenvalue weighted by Gasteiger charge is -2.23. The van der Waals surface area contributed by atoms with E-state index in [-0.39, 0.29) is 11.0 Å². The predicted molar refractivity (Wildman–Crippen MR) is 87.2 cm³/mol. The van der Waals surface area contributed by atoms with Gasteiger partial charge in [-0.25, -0.2) is 4.98 Å². The van der Waals surface area contributed by atoms with Gasteiger partial charge in [0, 0.05) is 11.3 Å². The molecule has 0 saturated carbocycles. The number of ketones is 1. The summed E-state index contributed by atoms with van der Waals surface area (Å²) in [7, 11) is 0. The third kappa shape index (κ3) is 2.65. The molecule has 1 aromatic carbocycles. The maximum Gasteiger partial charge on any atom is 0.176 e. The molecule has 1 heterocycles. The minimum Gasteiger partial charge on any atom is -0.293 e. The summed E-state index contributed by atoms with van der Waals surface area (Å²) < 4.78 is 0. The highest BCUT2D eigenvalue weighted by Gasteiger charge is 2.29. The standard InChI is InChI=1S/C18H16N2OS/c1-11-9-12(2)20-18(15(11)10-19)22-16-8-7-13-5-3-4-6-14(13)17(16)21/h3-6,9,16H,7-8H2,1-2H3/t16-/m0/s1. The Morgan fingerprint density at radius 3 is 2.86 bits per heavy atom. The summed E-state index contributed by atoms with van der Waals surface area (Å²) in [4.78, 5) is 17.1. The van der Waals surface area contributed by atoms with Crippen LogP contribution in [0.1, 0.15) is 39.2 Å². The number of pyridine rings is 1.